The second kappa shape index (κ2) is 6.72. The lowest BCUT2D eigenvalue weighted by Gasteiger charge is -2.16. The summed E-state index contributed by atoms with van der Waals surface area (Å²) in [6.45, 7) is 6.03. The highest BCUT2D eigenvalue weighted by atomic mass is 35.5. The van der Waals surface area contributed by atoms with E-state index < -0.39 is 0 Å². The highest BCUT2D eigenvalue weighted by Gasteiger charge is 2.33. The molecule has 1 atom stereocenters. The second-order valence-corrected chi connectivity index (χ2v) is 6.76. The van der Waals surface area contributed by atoms with Gasteiger partial charge in [-0.05, 0) is 38.5 Å². The van der Waals surface area contributed by atoms with Gasteiger partial charge in [-0.15, -0.1) is 23.4 Å². The van der Waals surface area contributed by atoms with Gasteiger partial charge in [0.2, 0.25) is 0 Å². The van der Waals surface area contributed by atoms with Gasteiger partial charge >= 0.3 is 0 Å². The molecule has 1 aromatic carbocycles. The molecule has 1 aliphatic rings. The molecule has 0 spiro atoms. The lowest BCUT2D eigenvalue weighted by molar-refractivity contribution is 0.0152. The largest absolute Gasteiger partial charge is 0.491 e. The molecule has 20 heavy (non-hydrogen) atoms. The predicted molar refractivity (Wildman–Crippen MR) is 85.8 cm³/mol. The van der Waals surface area contributed by atoms with Crippen molar-refractivity contribution in [2.24, 2.45) is 5.16 Å². The van der Waals surface area contributed by atoms with Crippen molar-refractivity contribution >= 4 is 28.4 Å². The molecule has 0 saturated heterocycles. The van der Waals surface area contributed by atoms with Gasteiger partial charge in [0.25, 0.3) is 0 Å². The molecule has 3 nitrogen and oxygen atoms in total. The van der Waals surface area contributed by atoms with E-state index in [2.05, 4.69) is 17.3 Å². The topological polar surface area (TPSA) is 30.8 Å². The average Bonchev–Trinajstić information content (AvgIpc) is 2.79. The Morgan fingerprint density at radius 1 is 1.50 bits per heavy atom. The van der Waals surface area contributed by atoms with E-state index in [-0.39, 0.29) is 11.7 Å². The summed E-state index contributed by atoms with van der Waals surface area (Å²) in [4.78, 5) is 5.38. The minimum absolute atomic E-state index is 0.190. The van der Waals surface area contributed by atoms with Gasteiger partial charge < -0.3 is 9.57 Å². The maximum Gasteiger partial charge on any atom is 0.154 e. The van der Waals surface area contributed by atoms with Crippen LogP contribution in [0.2, 0.25) is 0 Å². The summed E-state index contributed by atoms with van der Waals surface area (Å²) in [5, 5.41) is 5.11. The summed E-state index contributed by atoms with van der Waals surface area (Å²) in [5.74, 6) is 2.22. The fourth-order valence-corrected chi connectivity index (χ4v) is 3.00. The molecule has 1 unspecified atom stereocenters. The molecule has 0 radical (unpaired) electrons. The molecule has 2 rings (SSSR count). The molecule has 5 heteroatoms. The van der Waals surface area contributed by atoms with Crippen LogP contribution in [0.4, 0.5) is 0 Å². The van der Waals surface area contributed by atoms with Gasteiger partial charge in [0.05, 0.1) is 12.0 Å². The number of oxime groups is 1. The monoisotopic (exact) mass is 313 g/mol. The summed E-state index contributed by atoms with van der Waals surface area (Å²) < 4.78 is 5.70. The Labute approximate surface area is 129 Å². The van der Waals surface area contributed by atoms with Crippen LogP contribution >= 0.6 is 23.4 Å². The summed E-state index contributed by atoms with van der Waals surface area (Å²) in [6.07, 6.45) is 0.971. The minimum Gasteiger partial charge on any atom is -0.491 e. The number of hydrogen-bond donors (Lipinski definition) is 0. The molecule has 0 aromatic heterocycles. The Morgan fingerprint density at radius 2 is 2.30 bits per heavy atom. The Morgan fingerprint density at radius 3 is 2.95 bits per heavy atom. The number of ether oxygens (including phenoxy) is 1. The second-order valence-electron chi connectivity index (χ2n) is 5.44. The molecule has 110 valence electrons. The fraction of sp³-hybridized carbons (Fsp3) is 0.533. The molecule has 1 aromatic rings. The van der Waals surface area contributed by atoms with Crippen LogP contribution in [0.3, 0.4) is 0 Å². The van der Waals surface area contributed by atoms with Crippen LogP contribution in [0.15, 0.2) is 29.4 Å². The van der Waals surface area contributed by atoms with Crippen molar-refractivity contribution in [3.63, 3.8) is 0 Å². The lowest BCUT2D eigenvalue weighted by Crippen LogP contribution is -2.26. The Balaban J connectivity index is 1.89. The molecular weight excluding hydrogens is 294 g/mol. The maximum atomic E-state index is 5.88. The molecule has 0 fully saturated rings. The van der Waals surface area contributed by atoms with E-state index in [0.717, 1.165) is 23.0 Å². The lowest BCUT2D eigenvalue weighted by atomic mass is 10.1. The third kappa shape index (κ3) is 4.32. The third-order valence-corrected chi connectivity index (χ3v) is 4.45. The van der Waals surface area contributed by atoms with Crippen molar-refractivity contribution in [2.45, 2.75) is 44.6 Å². The van der Waals surface area contributed by atoms with Gasteiger partial charge in [-0.2, -0.15) is 0 Å². The summed E-state index contributed by atoms with van der Waals surface area (Å²) >= 11 is 7.57. The van der Waals surface area contributed by atoms with Crippen molar-refractivity contribution in [3.05, 3.63) is 29.8 Å². The first-order valence-corrected chi connectivity index (χ1v) is 8.22. The van der Waals surface area contributed by atoms with Gasteiger partial charge in [-0.1, -0.05) is 17.3 Å². The first-order valence-electron chi connectivity index (χ1n) is 6.70. The Hall–Kier alpha value is -0.870. The van der Waals surface area contributed by atoms with Crippen LogP contribution in [0.5, 0.6) is 5.75 Å². The molecule has 0 saturated carbocycles. The zero-order valence-corrected chi connectivity index (χ0v) is 13.6. The van der Waals surface area contributed by atoms with E-state index in [1.54, 1.807) is 11.8 Å². The molecule has 0 bridgehead atoms. The van der Waals surface area contributed by atoms with Gasteiger partial charge in [0, 0.05) is 12.2 Å². The zero-order valence-electron chi connectivity index (χ0n) is 12.1. The average molecular weight is 314 g/mol. The van der Waals surface area contributed by atoms with E-state index in [1.807, 2.05) is 32.9 Å². The Kier molecular flexibility index (Phi) is 5.22. The van der Waals surface area contributed by atoms with Crippen molar-refractivity contribution in [3.8, 4) is 5.75 Å². The molecule has 0 amide bonds. The molecule has 0 aliphatic carbocycles. The van der Waals surface area contributed by atoms with Crippen molar-refractivity contribution in [1.82, 2.24) is 0 Å². The maximum absolute atomic E-state index is 5.88. The van der Waals surface area contributed by atoms with Crippen LogP contribution in [0, 0.1) is 0 Å². The predicted octanol–water partition coefficient (Wildman–Crippen LogP) is 4.44. The normalized spacial score (nSPS) is 21.8. The molecule has 1 heterocycles. The van der Waals surface area contributed by atoms with Crippen molar-refractivity contribution in [1.29, 1.82) is 0 Å². The van der Waals surface area contributed by atoms with Crippen LogP contribution in [0.25, 0.3) is 0 Å². The highest BCUT2D eigenvalue weighted by molar-refractivity contribution is 8.13. The number of benzene rings is 1. The fourth-order valence-electron chi connectivity index (χ4n) is 1.84. The van der Waals surface area contributed by atoms with Crippen LogP contribution in [0.1, 0.15) is 32.8 Å². The highest BCUT2D eigenvalue weighted by Crippen LogP contribution is 2.31. The van der Waals surface area contributed by atoms with Crippen LogP contribution in [-0.2, 0) is 10.6 Å². The van der Waals surface area contributed by atoms with Gasteiger partial charge in [0.15, 0.2) is 5.60 Å². The molecule has 0 N–H and O–H groups in total. The number of rotatable bonds is 5. The van der Waals surface area contributed by atoms with Gasteiger partial charge in [0.1, 0.15) is 10.8 Å². The van der Waals surface area contributed by atoms with Crippen LogP contribution < -0.4 is 4.74 Å². The van der Waals surface area contributed by atoms with Gasteiger partial charge in [-0.3, -0.25) is 0 Å². The van der Waals surface area contributed by atoms with Crippen molar-refractivity contribution < 1.29 is 9.57 Å². The first kappa shape index (κ1) is 15.5. The third-order valence-electron chi connectivity index (χ3n) is 2.85. The zero-order chi connectivity index (χ0) is 14.6. The van der Waals surface area contributed by atoms with Gasteiger partial charge in [-0.25, -0.2) is 0 Å². The molecule has 1 aliphatic heterocycles. The molecular formula is C15H20ClNO2S. The number of nitrogens with zero attached hydrogens (tertiary/aromatic N) is 1. The van der Waals surface area contributed by atoms with E-state index in [9.17, 15) is 0 Å². The van der Waals surface area contributed by atoms with Crippen LogP contribution in [-0.4, -0.2) is 22.6 Å². The number of halogens is 1. The first-order chi connectivity index (χ1) is 9.50. The minimum atomic E-state index is -0.341. The van der Waals surface area contributed by atoms with E-state index in [0.29, 0.717) is 5.88 Å². The number of hydrogen-bond acceptors (Lipinski definition) is 4. The Bertz CT molecular complexity index is 493. The summed E-state index contributed by atoms with van der Waals surface area (Å²) in [7, 11) is 0. The summed E-state index contributed by atoms with van der Waals surface area (Å²) in [6, 6.07) is 8.17. The SMILES string of the molecule is CC(C)Oc1cccc(CSC2=NOC(C)(CCl)C2)c1. The number of thioether (sulfide) groups is 1. The van der Waals surface area contributed by atoms with E-state index in [1.165, 1.54) is 5.56 Å². The summed E-state index contributed by atoms with van der Waals surface area (Å²) in [5.41, 5.74) is 0.877. The van der Waals surface area contributed by atoms with E-state index >= 15 is 0 Å². The van der Waals surface area contributed by atoms with E-state index in [4.69, 9.17) is 21.2 Å². The number of alkyl halides is 1. The standard InChI is InChI=1S/C15H20ClNO2S/c1-11(2)18-13-6-4-5-12(7-13)9-20-14-8-15(3,10-16)19-17-14/h4-7,11H,8-10H2,1-3H3. The smallest absolute Gasteiger partial charge is 0.154 e. The quantitative estimate of drug-likeness (QED) is 0.753. The van der Waals surface area contributed by atoms with Crippen molar-refractivity contribution in [2.75, 3.05) is 5.88 Å².